The molecule has 1 aromatic rings. The van der Waals surface area contributed by atoms with Crippen LogP contribution in [-0.2, 0) is 0 Å². The van der Waals surface area contributed by atoms with E-state index in [-0.39, 0.29) is 0 Å². The minimum Gasteiger partial charge on any atom is -0.384 e. The SMILES string of the molecule is CN[C@H](C)c1ccc(N)nc1. The summed E-state index contributed by atoms with van der Waals surface area (Å²) in [6.45, 7) is 2.08. The summed E-state index contributed by atoms with van der Waals surface area (Å²) < 4.78 is 0. The lowest BCUT2D eigenvalue weighted by Gasteiger charge is -2.08. The summed E-state index contributed by atoms with van der Waals surface area (Å²) in [5.74, 6) is 0.567. The molecule has 0 radical (unpaired) electrons. The van der Waals surface area contributed by atoms with Crippen LogP contribution in [0.3, 0.4) is 0 Å². The van der Waals surface area contributed by atoms with Crippen molar-refractivity contribution < 1.29 is 0 Å². The number of nitrogens with two attached hydrogens (primary N) is 1. The first-order valence-electron chi connectivity index (χ1n) is 3.62. The molecular weight excluding hydrogens is 138 g/mol. The topological polar surface area (TPSA) is 50.9 Å². The largest absolute Gasteiger partial charge is 0.384 e. The fraction of sp³-hybridized carbons (Fsp3) is 0.375. The molecule has 0 bridgehead atoms. The molecule has 1 aromatic heterocycles. The van der Waals surface area contributed by atoms with Crippen molar-refractivity contribution in [2.45, 2.75) is 13.0 Å². The lowest BCUT2D eigenvalue weighted by Crippen LogP contribution is -2.12. The van der Waals surface area contributed by atoms with Crippen molar-refractivity contribution in [3.8, 4) is 0 Å². The highest BCUT2D eigenvalue weighted by Gasteiger charge is 2.00. The van der Waals surface area contributed by atoms with Crippen molar-refractivity contribution in [2.24, 2.45) is 0 Å². The number of hydrogen-bond acceptors (Lipinski definition) is 3. The van der Waals surface area contributed by atoms with Crippen LogP contribution in [0.1, 0.15) is 18.5 Å². The minimum atomic E-state index is 0.336. The Morgan fingerprint density at radius 1 is 1.55 bits per heavy atom. The molecule has 0 saturated heterocycles. The molecule has 0 saturated carbocycles. The number of hydrogen-bond donors (Lipinski definition) is 2. The predicted molar refractivity (Wildman–Crippen MR) is 46.1 cm³/mol. The van der Waals surface area contributed by atoms with E-state index in [2.05, 4.69) is 17.2 Å². The Hall–Kier alpha value is -1.09. The van der Waals surface area contributed by atoms with Gasteiger partial charge in [-0.15, -0.1) is 0 Å². The average molecular weight is 151 g/mol. The number of aromatic nitrogens is 1. The van der Waals surface area contributed by atoms with Gasteiger partial charge >= 0.3 is 0 Å². The second-order valence-electron chi connectivity index (χ2n) is 2.53. The van der Waals surface area contributed by atoms with Gasteiger partial charge in [-0.2, -0.15) is 0 Å². The van der Waals surface area contributed by atoms with Gasteiger partial charge in [-0.1, -0.05) is 6.07 Å². The second kappa shape index (κ2) is 3.34. The van der Waals surface area contributed by atoms with Gasteiger partial charge in [0.2, 0.25) is 0 Å². The molecule has 0 aromatic carbocycles. The zero-order valence-corrected chi connectivity index (χ0v) is 6.83. The molecule has 0 spiro atoms. The van der Waals surface area contributed by atoms with Gasteiger partial charge < -0.3 is 11.1 Å². The molecule has 11 heavy (non-hydrogen) atoms. The van der Waals surface area contributed by atoms with Crippen LogP contribution in [0.2, 0.25) is 0 Å². The van der Waals surface area contributed by atoms with Crippen molar-refractivity contribution in [3.63, 3.8) is 0 Å². The smallest absolute Gasteiger partial charge is 0.123 e. The molecular formula is C8H13N3. The summed E-state index contributed by atoms with van der Waals surface area (Å²) in [6.07, 6.45) is 1.79. The Balaban J connectivity index is 2.81. The van der Waals surface area contributed by atoms with Crippen molar-refractivity contribution in [2.75, 3.05) is 12.8 Å². The van der Waals surface area contributed by atoms with Gasteiger partial charge in [-0.05, 0) is 25.6 Å². The molecule has 3 nitrogen and oxygen atoms in total. The number of rotatable bonds is 2. The van der Waals surface area contributed by atoms with E-state index >= 15 is 0 Å². The van der Waals surface area contributed by atoms with E-state index in [0.717, 1.165) is 5.56 Å². The van der Waals surface area contributed by atoms with Crippen LogP contribution in [0.15, 0.2) is 18.3 Å². The first-order valence-corrected chi connectivity index (χ1v) is 3.62. The number of nitrogens with zero attached hydrogens (tertiary/aromatic N) is 1. The summed E-state index contributed by atoms with van der Waals surface area (Å²) in [4.78, 5) is 3.99. The van der Waals surface area contributed by atoms with E-state index in [1.54, 1.807) is 6.20 Å². The van der Waals surface area contributed by atoms with Crippen molar-refractivity contribution in [1.82, 2.24) is 10.3 Å². The average Bonchev–Trinajstić information content (AvgIpc) is 2.05. The van der Waals surface area contributed by atoms with Crippen LogP contribution >= 0.6 is 0 Å². The highest BCUT2D eigenvalue weighted by molar-refractivity contribution is 5.30. The van der Waals surface area contributed by atoms with E-state index < -0.39 is 0 Å². The van der Waals surface area contributed by atoms with E-state index in [9.17, 15) is 0 Å². The van der Waals surface area contributed by atoms with Crippen LogP contribution in [-0.4, -0.2) is 12.0 Å². The molecule has 0 aliphatic heterocycles. The molecule has 1 atom stereocenters. The summed E-state index contributed by atoms with van der Waals surface area (Å²) in [7, 11) is 1.92. The lowest BCUT2D eigenvalue weighted by molar-refractivity contribution is 0.650. The first-order chi connectivity index (χ1) is 5.24. The van der Waals surface area contributed by atoms with Crippen LogP contribution < -0.4 is 11.1 Å². The fourth-order valence-electron chi connectivity index (χ4n) is 0.840. The monoisotopic (exact) mass is 151 g/mol. The van der Waals surface area contributed by atoms with Crippen molar-refractivity contribution >= 4 is 5.82 Å². The Labute approximate surface area is 66.6 Å². The highest BCUT2D eigenvalue weighted by atomic mass is 14.9. The summed E-state index contributed by atoms with van der Waals surface area (Å²) in [5.41, 5.74) is 6.59. The Morgan fingerprint density at radius 2 is 2.27 bits per heavy atom. The minimum absolute atomic E-state index is 0.336. The van der Waals surface area contributed by atoms with Crippen molar-refractivity contribution in [1.29, 1.82) is 0 Å². The van der Waals surface area contributed by atoms with Crippen molar-refractivity contribution in [3.05, 3.63) is 23.9 Å². The summed E-state index contributed by atoms with van der Waals surface area (Å²) in [6, 6.07) is 4.12. The quantitative estimate of drug-likeness (QED) is 0.661. The highest BCUT2D eigenvalue weighted by Crippen LogP contribution is 2.10. The van der Waals surface area contributed by atoms with E-state index in [1.165, 1.54) is 0 Å². The van der Waals surface area contributed by atoms with Gasteiger partial charge in [-0.3, -0.25) is 0 Å². The molecule has 0 aliphatic rings. The maximum atomic E-state index is 5.44. The molecule has 0 amide bonds. The number of pyridine rings is 1. The summed E-state index contributed by atoms with van der Waals surface area (Å²) in [5, 5.41) is 3.12. The first kappa shape index (κ1) is 8.01. The van der Waals surface area contributed by atoms with Gasteiger partial charge in [0.25, 0.3) is 0 Å². The number of nitrogens with one attached hydrogen (secondary N) is 1. The molecule has 1 heterocycles. The van der Waals surface area contributed by atoms with Crippen LogP contribution in [0.4, 0.5) is 5.82 Å². The molecule has 3 heteroatoms. The van der Waals surface area contributed by atoms with Gasteiger partial charge in [0.05, 0.1) is 0 Å². The van der Waals surface area contributed by atoms with Gasteiger partial charge in [-0.25, -0.2) is 4.98 Å². The number of nitrogen functional groups attached to an aromatic ring is 1. The molecule has 60 valence electrons. The Bertz CT molecular complexity index is 217. The third kappa shape index (κ3) is 1.91. The third-order valence-electron chi connectivity index (χ3n) is 1.74. The zero-order valence-electron chi connectivity index (χ0n) is 6.83. The molecule has 3 N–H and O–H groups in total. The zero-order chi connectivity index (χ0) is 8.27. The maximum absolute atomic E-state index is 5.44. The van der Waals surface area contributed by atoms with Crippen LogP contribution in [0.5, 0.6) is 0 Å². The molecule has 0 aliphatic carbocycles. The van der Waals surface area contributed by atoms with E-state index in [1.807, 2.05) is 19.2 Å². The van der Waals surface area contributed by atoms with Crippen LogP contribution in [0.25, 0.3) is 0 Å². The molecule has 0 fully saturated rings. The van der Waals surface area contributed by atoms with E-state index in [4.69, 9.17) is 5.73 Å². The second-order valence-corrected chi connectivity index (χ2v) is 2.53. The predicted octanol–water partition coefficient (Wildman–Crippen LogP) is 0.944. The van der Waals surface area contributed by atoms with Gasteiger partial charge in [0.15, 0.2) is 0 Å². The number of anilines is 1. The fourth-order valence-corrected chi connectivity index (χ4v) is 0.840. The third-order valence-corrected chi connectivity index (χ3v) is 1.74. The maximum Gasteiger partial charge on any atom is 0.123 e. The summed E-state index contributed by atoms with van der Waals surface area (Å²) >= 11 is 0. The van der Waals surface area contributed by atoms with Gasteiger partial charge in [0, 0.05) is 12.2 Å². The normalized spacial score (nSPS) is 12.9. The Kier molecular flexibility index (Phi) is 2.44. The lowest BCUT2D eigenvalue weighted by atomic mass is 10.1. The molecule has 1 rings (SSSR count). The van der Waals surface area contributed by atoms with Crippen LogP contribution in [0, 0.1) is 0 Å². The van der Waals surface area contributed by atoms with Gasteiger partial charge in [0.1, 0.15) is 5.82 Å². The molecule has 0 unspecified atom stereocenters. The Morgan fingerprint density at radius 3 is 2.73 bits per heavy atom. The standard InChI is InChI=1S/C8H13N3/c1-6(10-2)7-3-4-8(9)11-5-7/h3-6,10H,1-2H3,(H2,9,11)/t6-/m1/s1. The van der Waals surface area contributed by atoms with E-state index in [0.29, 0.717) is 11.9 Å².